The van der Waals surface area contributed by atoms with Gasteiger partial charge < -0.3 is 9.80 Å². The van der Waals surface area contributed by atoms with Gasteiger partial charge in [0.15, 0.2) is 0 Å². The molecule has 0 aliphatic carbocycles. The van der Waals surface area contributed by atoms with E-state index in [1.165, 1.54) is 10.4 Å². The average molecular weight is 449 g/mol. The molecule has 7 heteroatoms. The number of benzene rings is 1. The Hall–Kier alpha value is -3.03. The van der Waals surface area contributed by atoms with E-state index in [-0.39, 0.29) is 18.4 Å². The maximum Gasteiger partial charge on any atom is 0.245 e. The zero-order chi connectivity index (χ0) is 22.5. The molecule has 4 rings (SSSR count). The predicted molar refractivity (Wildman–Crippen MR) is 127 cm³/mol. The first-order valence-corrected chi connectivity index (χ1v) is 11.6. The summed E-state index contributed by atoms with van der Waals surface area (Å²) < 4.78 is 0. The molecule has 3 aromatic rings. The normalized spacial score (nSPS) is 16.6. The van der Waals surface area contributed by atoms with Crippen LogP contribution in [0.2, 0.25) is 0 Å². The third kappa shape index (κ3) is 5.23. The number of thiophene rings is 1. The van der Waals surface area contributed by atoms with Crippen molar-refractivity contribution in [3.05, 3.63) is 77.4 Å². The van der Waals surface area contributed by atoms with Gasteiger partial charge in [-0.3, -0.25) is 19.5 Å². The highest BCUT2D eigenvalue weighted by Gasteiger charge is 2.36. The van der Waals surface area contributed by atoms with Crippen molar-refractivity contribution in [3.8, 4) is 10.4 Å². The van der Waals surface area contributed by atoms with Gasteiger partial charge in [-0.15, -0.1) is 11.3 Å². The summed E-state index contributed by atoms with van der Waals surface area (Å²) in [5.74, 6) is -0.0140. The molecule has 1 aromatic carbocycles. The Morgan fingerprint density at radius 3 is 2.62 bits per heavy atom. The highest BCUT2D eigenvalue weighted by molar-refractivity contribution is 7.13. The second kappa shape index (κ2) is 10.1. The van der Waals surface area contributed by atoms with Gasteiger partial charge in [0, 0.05) is 50.4 Å². The molecular formula is C25H28N4O2S. The van der Waals surface area contributed by atoms with Crippen LogP contribution in [0.25, 0.3) is 10.4 Å². The van der Waals surface area contributed by atoms with E-state index in [0.717, 1.165) is 11.1 Å². The molecular weight excluding hydrogens is 420 g/mol. The number of aromatic nitrogens is 1. The number of likely N-dealkylation sites (N-methyl/N-ethyl adjacent to an activating group) is 2. The Morgan fingerprint density at radius 1 is 1.12 bits per heavy atom. The first-order chi connectivity index (χ1) is 15.5. The van der Waals surface area contributed by atoms with Gasteiger partial charge in [-0.25, -0.2) is 0 Å². The summed E-state index contributed by atoms with van der Waals surface area (Å²) in [7, 11) is 3.73. The van der Waals surface area contributed by atoms with Gasteiger partial charge >= 0.3 is 0 Å². The number of hydrogen-bond acceptors (Lipinski definition) is 5. The second-order valence-electron chi connectivity index (χ2n) is 8.27. The van der Waals surface area contributed by atoms with Crippen LogP contribution in [0, 0.1) is 0 Å². The molecule has 3 heterocycles. The van der Waals surface area contributed by atoms with Crippen LogP contribution < -0.4 is 0 Å². The van der Waals surface area contributed by atoms with Crippen LogP contribution in [-0.4, -0.2) is 71.3 Å². The molecule has 1 saturated heterocycles. The summed E-state index contributed by atoms with van der Waals surface area (Å²) in [6.07, 6.45) is 4.07. The molecule has 1 aliphatic rings. The van der Waals surface area contributed by atoms with Crippen molar-refractivity contribution in [1.29, 1.82) is 0 Å². The minimum absolute atomic E-state index is 0.00171. The Balaban J connectivity index is 1.44. The standard InChI is InChI=1S/C25H28N4O2S/c1-27(17-20-5-3-11-26-16-20)18-24(30)29-13-12-28(2)25(31)22(29)15-19-7-9-21(10-8-19)23-6-4-14-32-23/h3-11,14,16,22H,12-13,15,17-18H2,1-2H3. The van der Waals surface area contributed by atoms with Crippen molar-refractivity contribution in [3.63, 3.8) is 0 Å². The van der Waals surface area contributed by atoms with Gasteiger partial charge in [0.1, 0.15) is 6.04 Å². The van der Waals surface area contributed by atoms with Crippen molar-refractivity contribution < 1.29 is 9.59 Å². The van der Waals surface area contributed by atoms with E-state index in [9.17, 15) is 9.59 Å². The fourth-order valence-electron chi connectivity index (χ4n) is 4.06. The molecule has 166 valence electrons. The van der Waals surface area contributed by atoms with E-state index < -0.39 is 6.04 Å². The number of nitrogens with zero attached hydrogens (tertiary/aromatic N) is 4. The quantitative estimate of drug-likeness (QED) is 0.557. The Labute approximate surface area is 193 Å². The zero-order valence-electron chi connectivity index (χ0n) is 18.5. The van der Waals surface area contributed by atoms with E-state index in [4.69, 9.17) is 0 Å². The molecule has 0 saturated carbocycles. The fraction of sp³-hybridized carbons (Fsp3) is 0.320. The number of carbonyl (C=O) groups is 2. The molecule has 0 radical (unpaired) electrons. The summed E-state index contributed by atoms with van der Waals surface area (Å²) in [6.45, 7) is 2.01. The van der Waals surface area contributed by atoms with Gasteiger partial charge in [0.2, 0.25) is 11.8 Å². The molecule has 0 bridgehead atoms. The van der Waals surface area contributed by atoms with Crippen LogP contribution >= 0.6 is 11.3 Å². The third-order valence-electron chi connectivity index (χ3n) is 5.80. The van der Waals surface area contributed by atoms with E-state index >= 15 is 0 Å². The average Bonchev–Trinajstić information content (AvgIpc) is 3.33. The fourth-order valence-corrected chi connectivity index (χ4v) is 4.79. The van der Waals surface area contributed by atoms with Crippen LogP contribution in [0.15, 0.2) is 66.3 Å². The molecule has 6 nitrogen and oxygen atoms in total. The van der Waals surface area contributed by atoms with Crippen LogP contribution in [-0.2, 0) is 22.6 Å². The monoisotopic (exact) mass is 448 g/mol. The van der Waals surface area contributed by atoms with Gasteiger partial charge in [0.25, 0.3) is 0 Å². The summed E-state index contributed by atoms with van der Waals surface area (Å²) in [5.41, 5.74) is 3.28. The Morgan fingerprint density at radius 2 is 1.94 bits per heavy atom. The molecule has 0 N–H and O–H groups in total. The maximum absolute atomic E-state index is 13.2. The Bertz CT molecular complexity index is 1040. The molecule has 2 amide bonds. The molecule has 2 aromatic heterocycles. The lowest BCUT2D eigenvalue weighted by molar-refractivity contribution is -0.150. The maximum atomic E-state index is 13.2. The lowest BCUT2D eigenvalue weighted by Gasteiger charge is -2.40. The zero-order valence-corrected chi connectivity index (χ0v) is 19.3. The molecule has 32 heavy (non-hydrogen) atoms. The first kappa shape index (κ1) is 22.2. The highest BCUT2D eigenvalue weighted by atomic mass is 32.1. The van der Waals surface area contributed by atoms with E-state index in [1.807, 2.05) is 43.4 Å². The van der Waals surface area contributed by atoms with E-state index in [2.05, 4.69) is 40.7 Å². The highest BCUT2D eigenvalue weighted by Crippen LogP contribution is 2.25. The van der Waals surface area contributed by atoms with Crippen LogP contribution in [0.1, 0.15) is 11.1 Å². The number of pyridine rings is 1. The largest absolute Gasteiger partial charge is 0.342 e. The molecule has 1 atom stereocenters. The van der Waals surface area contributed by atoms with Gasteiger partial charge in [-0.05, 0) is 41.3 Å². The first-order valence-electron chi connectivity index (χ1n) is 10.8. The lowest BCUT2D eigenvalue weighted by atomic mass is 10.00. The summed E-state index contributed by atoms with van der Waals surface area (Å²) in [6, 6.07) is 15.9. The van der Waals surface area contributed by atoms with Gasteiger partial charge in [-0.2, -0.15) is 0 Å². The number of hydrogen-bond donors (Lipinski definition) is 0. The third-order valence-corrected chi connectivity index (χ3v) is 6.72. The number of rotatable bonds is 7. The van der Waals surface area contributed by atoms with Crippen LogP contribution in [0.3, 0.4) is 0 Å². The molecule has 0 spiro atoms. The molecule has 1 unspecified atom stereocenters. The molecule has 1 aliphatic heterocycles. The Kier molecular flexibility index (Phi) is 6.97. The van der Waals surface area contributed by atoms with Crippen LogP contribution in [0.4, 0.5) is 0 Å². The number of amides is 2. The van der Waals surface area contributed by atoms with Gasteiger partial charge in [0.05, 0.1) is 6.54 Å². The van der Waals surface area contributed by atoms with Crippen molar-refractivity contribution in [2.45, 2.75) is 19.0 Å². The van der Waals surface area contributed by atoms with Crippen molar-refractivity contribution >= 4 is 23.2 Å². The van der Waals surface area contributed by atoms with Gasteiger partial charge in [-0.1, -0.05) is 36.4 Å². The van der Waals surface area contributed by atoms with Crippen molar-refractivity contribution in [2.75, 3.05) is 33.7 Å². The minimum Gasteiger partial charge on any atom is -0.342 e. The number of carbonyl (C=O) groups excluding carboxylic acids is 2. The van der Waals surface area contributed by atoms with E-state index in [0.29, 0.717) is 26.1 Å². The summed E-state index contributed by atoms with van der Waals surface area (Å²) in [4.78, 5) is 37.0. The van der Waals surface area contributed by atoms with Crippen LogP contribution in [0.5, 0.6) is 0 Å². The van der Waals surface area contributed by atoms with Crippen molar-refractivity contribution in [1.82, 2.24) is 19.7 Å². The minimum atomic E-state index is -0.472. The van der Waals surface area contributed by atoms with Crippen molar-refractivity contribution in [2.24, 2.45) is 0 Å². The molecule has 1 fully saturated rings. The summed E-state index contributed by atoms with van der Waals surface area (Å²) >= 11 is 1.71. The summed E-state index contributed by atoms with van der Waals surface area (Å²) in [5, 5.41) is 2.06. The smallest absolute Gasteiger partial charge is 0.245 e. The lowest BCUT2D eigenvalue weighted by Crippen LogP contribution is -2.59. The van der Waals surface area contributed by atoms with E-state index in [1.54, 1.807) is 27.3 Å². The predicted octanol–water partition coefficient (Wildman–Crippen LogP) is 3.15. The SMILES string of the molecule is CN(CC(=O)N1CCN(C)C(=O)C1Cc1ccc(-c2cccs2)cc1)Cc1cccnc1. The second-order valence-corrected chi connectivity index (χ2v) is 9.22. The number of piperazine rings is 1. The topological polar surface area (TPSA) is 56.8 Å².